The van der Waals surface area contributed by atoms with Crippen LogP contribution in [0.5, 0.6) is 11.5 Å². The molecule has 174 valence electrons. The van der Waals surface area contributed by atoms with Crippen LogP contribution < -0.4 is 14.8 Å². The van der Waals surface area contributed by atoms with Crippen molar-refractivity contribution >= 4 is 21.6 Å². The largest absolute Gasteiger partial charge is 0.495 e. The highest BCUT2D eigenvalue weighted by Crippen LogP contribution is 2.30. The van der Waals surface area contributed by atoms with Gasteiger partial charge in [-0.2, -0.15) is 4.31 Å². The van der Waals surface area contributed by atoms with Crippen molar-refractivity contribution in [1.82, 2.24) is 4.31 Å². The van der Waals surface area contributed by atoms with Gasteiger partial charge in [0.25, 0.3) is 0 Å². The van der Waals surface area contributed by atoms with Crippen LogP contribution in [0.3, 0.4) is 0 Å². The van der Waals surface area contributed by atoms with Crippen LogP contribution >= 0.6 is 0 Å². The number of benzene rings is 2. The molecule has 1 N–H and O–H groups in total. The molecule has 0 bridgehead atoms. The summed E-state index contributed by atoms with van der Waals surface area (Å²) in [6.07, 6.45) is 3.93. The number of amides is 1. The first-order valence-corrected chi connectivity index (χ1v) is 12.4. The molecule has 2 aromatic carbocycles. The van der Waals surface area contributed by atoms with Crippen LogP contribution in [0.25, 0.3) is 0 Å². The zero-order chi connectivity index (χ0) is 23.1. The fraction of sp³-hybridized carbons (Fsp3) is 0.458. The number of carbonyl (C=O) groups is 1. The second-order valence-corrected chi connectivity index (χ2v) is 10.1. The number of carbonyl (C=O) groups excluding carboxylic acids is 1. The van der Waals surface area contributed by atoms with Crippen LogP contribution in [-0.4, -0.2) is 45.4 Å². The standard InChI is InChI=1S/C24H32N2O5S/c1-18-14-19(2)16-20(15-18)31-13-10-24(27)25-22-17-21(8-9-23(22)30-3)32(28,29)26-11-6-4-5-7-12-26/h8-9,14-17H,4-7,10-13H2,1-3H3,(H,25,27). The Labute approximate surface area is 190 Å². The van der Waals surface area contributed by atoms with E-state index in [1.807, 2.05) is 26.0 Å². The number of anilines is 1. The predicted octanol–water partition coefficient (Wildman–Crippen LogP) is 4.28. The van der Waals surface area contributed by atoms with Gasteiger partial charge in [0.15, 0.2) is 0 Å². The maximum atomic E-state index is 13.1. The van der Waals surface area contributed by atoms with Crippen LogP contribution in [-0.2, 0) is 14.8 Å². The number of sulfonamides is 1. The lowest BCUT2D eigenvalue weighted by molar-refractivity contribution is -0.116. The van der Waals surface area contributed by atoms with E-state index in [2.05, 4.69) is 11.4 Å². The van der Waals surface area contributed by atoms with Gasteiger partial charge in [-0.3, -0.25) is 4.79 Å². The van der Waals surface area contributed by atoms with Crippen molar-refractivity contribution < 1.29 is 22.7 Å². The third-order valence-electron chi connectivity index (χ3n) is 5.44. The van der Waals surface area contributed by atoms with Crippen LogP contribution in [0.1, 0.15) is 43.2 Å². The smallest absolute Gasteiger partial charge is 0.243 e. The average molecular weight is 461 g/mol. The zero-order valence-electron chi connectivity index (χ0n) is 19.0. The second kappa shape index (κ2) is 10.8. The minimum absolute atomic E-state index is 0.124. The monoisotopic (exact) mass is 460 g/mol. The minimum atomic E-state index is -3.63. The number of ether oxygens (including phenoxy) is 2. The molecule has 32 heavy (non-hydrogen) atoms. The SMILES string of the molecule is COc1ccc(S(=O)(=O)N2CCCCCC2)cc1NC(=O)CCOc1cc(C)cc(C)c1. The van der Waals surface area contributed by atoms with Gasteiger partial charge in [0.05, 0.1) is 30.7 Å². The van der Waals surface area contributed by atoms with Gasteiger partial charge in [-0.05, 0) is 68.1 Å². The van der Waals surface area contributed by atoms with E-state index < -0.39 is 10.0 Å². The first-order valence-electron chi connectivity index (χ1n) is 11.0. The van der Waals surface area contributed by atoms with E-state index in [1.54, 1.807) is 6.07 Å². The van der Waals surface area contributed by atoms with Gasteiger partial charge in [0.2, 0.25) is 15.9 Å². The second-order valence-electron chi connectivity index (χ2n) is 8.15. The summed E-state index contributed by atoms with van der Waals surface area (Å²) in [7, 11) is -2.14. The number of aryl methyl sites for hydroxylation is 2. The Morgan fingerprint density at radius 2 is 1.66 bits per heavy atom. The molecule has 0 unspecified atom stereocenters. The van der Waals surface area contributed by atoms with Crippen LogP contribution in [0, 0.1) is 13.8 Å². The van der Waals surface area contributed by atoms with Gasteiger partial charge < -0.3 is 14.8 Å². The number of rotatable bonds is 8. The van der Waals surface area contributed by atoms with E-state index in [0.717, 1.165) is 42.6 Å². The normalized spacial score (nSPS) is 15.1. The van der Waals surface area contributed by atoms with E-state index in [9.17, 15) is 13.2 Å². The van der Waals surface area contributed by atoms with E-state index >= 15 is 0 Å². The lowest BCUT2D eigenvalue weighted by Gasteiger charge is -2.21. The Bertz CT molecular complexity index is 1020. The number of hydrogen-bond acceptors (Lipinski definition) is 5. The summed E-state index contributed by atoms with van der Waals surface area (Å²) in [6.45, 7) is 5.23. The van der Waals surface area contributed by atoms with Crippen molar-refractivity contribution in [3.63, 3.8) is 0 Å². The van der Waals surface area contributed by atoms with E-state index in [-0.39, 0.29) is 23.8 Å². The molecule has 0 atom stereocenters. The van der Waals surface area contributed by atoms with E-state index in [4.69, 9.17) is 9.47 Å². The maximum Gasteiger partial charge on any atom is 0.243 e. The number of nitrogens with zero attached hydrogens (tertiary/aromatic N) is 1. The Hall–Kier alpha value is -2.58. The van der Waals surface area contributed by atoms with Gasteiger partial charge in [-0.1, -0.05) is 18.9 Å². The molecule has 0 aromatic heterocycles. The third kappa shape index (κ3) is 6.23. The number of nitrogens with one attached hydrogen (secondary N) is 1. The van der Waals surface area contributed by atoms with Gasteiger partial charge in [-0.25, -0.2) is 8.42 Å². The Kier molecular flexibility index (Phi) is 8.15. The summed E-state index contributed by atoms with van der Waals surface area (Å²) >= 11 is 0. The molecular weight excluding hydrogens is 428 g/mol. The predicted molar refractivity (Wildman–Crippen MR) is 125 cm³/mol. The molecule has 7 nitrogen and oxygen atoms in total. The fourth-order valence-electron chi connectivity index (χ4n) is 3.87. The highest BCUT2D eigenvalue weighted by Gasteiger charge is 2.26. The molecule has 1 heterocycles. The van der Waals surface area contributed by atoms with Crippen molar-refractivity contribution in [3.05, 3.63) is 47.5 Å². The van der Waals surface area contributed by atoms with Crippen LogP contribution in [0.15, 0.2) is 41.3 Å². The summed E-state index contributed by atoms with van der Waals surface area (Å²) in [4.78, 5) is 12.7. The Morgan fingerprint density at radius 1 is 1.00 bits per heavy atom. The molecule has 0 spiro atoms. The maximum absolute atomic E-state index is 13.1. The van der Waals surface area contributed by atoms with Crippen molar-refractivity contribution in [2.45, 2.75) is 50.8 Å². The molecule has 1 fully saturated rings. The van der Waals surface area contributed by atoms with Crippen molar-refractivity contribution in [2.24, 2.45) is 0 Å². The number of methoxy groups -OCH3 is 1. The quantitative estimate of drug-likeness (QED) is 0.635. The molecule has 1 aliphatic rings. The van der Waals surface area contributed by atoms with Gasteiger partial charge in [0.1, 0.15) is 11.5 Å². The summed E-state index contributed by atoms with van der Waals surface area (Å²) in [5.74, 6) is 0.846. The molecule has 8 heteroatoms. The van der Waals surface area contributed by atoms with E-state index in [1.165, 1.54) is 23.5 Å². The van der Waals surface area contributed by atoms with Gasteiger partial charge >= 0.3 is 0 Å². The summed E-state index contributed by atoms with van der Waals surface area (Å²) < 4.78 is 38.8. The molecule has 1 amide bonds. The first kappa shape index (κ1) is 24.1. The fourth-order valence-corrected chi connectivity index (χ4v) is 5.41. The minimum Gasteiger partial charge on any atom is -0.495 e. The molecule has 3 rings (SSSR count). The van der Waals surface area contributed by atoms with Crippen LogP contribution in [0.4, 0.5) is 5.69 Å². The van der Waals surface area contributed by atoms with E-state index in [0.29, 0.717) is 24.5 Å². The molecule has 0 saturated carbocycles. The first-order chi connectivity index (χ1) is 15.3. The lowest BCUT2D eigenvalue weighted by atomic mass is 10.1. The zero-order valence-corrected chi connectivity index (χ0v) is 19.8. The highest BCUT2D eigenvalue weighted by atomic mass is 32.2. The molecule has 1 saturated heterocycles. The molecular formula is C24H32N2O5S. The summed E-state index contributed by atoms with van der Waals surface area (Å²) in [6, 6.07) is 10.5. The summed E-state index contributed by atoms with van der Waals surface area (Å²) in [5, 5.41) is 2.77. The van der Waals surface area contributed by atoms with Crippen molar-refractivity contribution in [3.8, 4) is 11.5 Å². The Morgan fingerprint density at radius 3 is 2.28 bits per heavy atom. The molecule has 0 aliphatic carbocycles. The van der Waals surface area contributed by atoms with Crippen molar-refractivity contribution in [1.29, 1.82) is 0 Å². The molecule has 0 radical (unpaired) electrons. The summed E-state index contributed by atoms with van der Waals surface area (Å²) in [5.41, 5.74) is 2.52. The third-order valence-corrected chi connectivity index (χ3v) is 7.34. The Balaban J connectivity index is 1.67. The van der Waals surface area contributed by atoms with Gasteiger partial charge in [-0.15, -0.1) is 0 Å². The molecule has 2 aromatic rings. The van der Waals surface area contributed by atoms with Gasteiger partial charge in [0, 0.05) is 13.1 Å². The number of hydrogen-bond donors (Lipinski definition) is 1. The van der Waals surface area contributed by atoms with Crippen LogP contribution in [0.2, 0.25) is 0 Å². The average Bonchev–Trinajstić information content (AvgIpc) is 3.03. The van der Waals surface area contributed by atoms with Crippen molar-refractivity contribution in [2.75, 3.05) is 32.1 Å². The highest BCUT2D eigenvalue weighted by molar-refractivity contribution is 7.89. The lowest BCUT2D eigenvalue weighted by Crippen LogP contribution is -2.32. The molecule has 1 aliphatic heterocycles. The topological polar surface area (TPSA) is 84.9 Å².